The number of rotatable bonds is 6. The number of carbonyl (C=O) groups excluding carboxylic acids is 1. The zero-order valence-corrected chi connectivity index (χ0v) is 11.3. The molecule has 3 N–H and O–H groups in total. The van der Waals surface area contributed by atoms with Gasteiger partial charge in [-0.15, -0.1) is 11.3 Å². The first kappa shape index (κ1) is 13.6. The molecule has 0 fully saturated rings. The standard InChI is InChI=1S/C14H16N2O2S/c15-8-11-3-5-12(6-4-11)18-10-14(17)16-9-13-2-1-7-19-13/h1-7H,8-10,15H2,(H,16,17). The predicted molar refractivity (Wildman–Crippen MR) is 76.0 cm³/mol. The quantitative estimate of drug-likeness (QED) is 0.847. The van der Waals surface area contributed by atoms with E-state index in [4.69, 9.17) is 10.5 Å². The van der Waals surface area contributed by atoms with Gasteiger partial charge in [0.25, 0.3) is 5.91 Å². The summed E-state index contributed by atoms with van der Waals surface area (Å²) in [6.07, 6.45) is 0. The number of thiophene rings is 1. The fraction of sp³-hybridized carbons (Fsp3) is 0.214. The first-order valence-electron chi connectivity index (χ1n) is 5.99. The molecule has 0 atom stereocenters. The van der Waals surface area contributed by atoms with Gasteiger partial charge in [-0.05, 0) is 29.1 Å². The Bertz CT molecular complexity index is 509. The van der Waals surface area contributed by atoms with Crippen molar-refractivity contribution in [2.75, 3.05) is 6.61 Å². The Labute approximate surface area is 116 Å². The van der Waals surface area contributed by atoms with Gasteiger partial charge >= 0.3 is 0 Å². The molecular weight excluding hydrogens is 260 g/mol. The van der Waals surface area contributed by atoms with Crippen LogP contribution >= 0.6 is 11.3 Å². The van der Waals surface area contributed by atoms with Gasteiger partial charge in [0.15, 0.2) is 6.61 Å². The van der Waals surface area contributed by atoms with Gasteiger partial charge in [-0.25, -0.2) is 0 Å². The number of carbonyl (C=O) groups is 1. The molecule has 0 unspecified atom stereocenters. The van der Waals surface area contributed by atoms with Crippen molar-refractivity contribution in [3.05, 3.63) is 52.2 Å². The maximum atomic E-state index is 11.6. The van der Waals surface area contributed by atoms with Gasteiger partial charge in [-0.3, -0.25) is 4.79 Å². The molecule has 2 aromatic rings. The van der Waals surface area contributed by atoms with Crippen LogP contribution in [0.1, 0.15) is 10.4 Å². The van der Waals surface area contributed by atoms with Gasteiger partial charge < -0.3 is 15.8 Å². The summed E-state index contributed by atoms with van der Waals surface area (Å²) in [5.74, 6) is 0.541. The second-order valence-electron chi connectivity index (χ2n) is 3.99. The van der Waals surface area contributed by atoms with Crippen LogP contribution in [-0.2, 0) is 17.9 Å². The largest absolute Gasteiger partial charge is 0.484 e. The van der Waals surface area contributed by atoms with Crippen LogP contribution in [0.4, 0.5) is 0 Å². The molecule has 1 amide bonds. The summed E-state index contributed by atoms with van der Waals surface area (Å²) in [5.41, 5.74) is 6.54. The van der Waals surface area contributed by atoms with Crippen molar-refractivity contribution in [3.63, 3.8) is 0 Å². The highest BCUT2D eigenvalue weighted by atomic mass is 32.1. The Morgan fingerprint density at radius 2 is 2.05 bits per heavy atom. The third kappa shape index (κ3) is 4.39. The third-order valence-electron chi connectivity index (χ3n) is 2.57. The van der Waals surface area contributed by atoms with E-state index in [1.165, 1.54) is 0 Å². The zero-order valence-electron chi connectivity index (χ0n) is 10.5. The molecule has 0 aliphatic heterocycles. The Kier molecular flexibility index (Phi) is 4.94. The first-order chi connectivity index (χ1) is 9.28. The molecule has 19 heavy (non-hydrogen) atoms. The molecule has 2 rings (SSSR count). The molecule has 1 heterocycles. The van der Waals surface area contributed by atoms with Gasteiger partial charge in [-0.2, -0.15) is 0 Å². The third-order valence-corrected chi connectivity index (χ3v) is 3.45. The Balaban J connectivity index is 1.73. The van der Waals surface area contributed by atoms with E-state index in [2.05, 4.69) is 5.32 Å². The number of amides is 1. The Morgan fingerprint density at radius 1 is 1.26 bits per heavy atom. The fourth-order valence-corrected chi connectivity index (χ4v) is 2.17. The molecule has 100 valence electrons. The van der Waals surface area contributed by atoms with E-state index >= 15 is 0 Å². The summed E-state index contributed by atoms with van der Waals surface area (Å²) in [6, 6.07) is 11.3. The van der Waals surface area contributed by atoms with Crippen LogP contribution in [0.2, 0.25) is 0 Å². The van der Waals surface area contributed by atoms with Crippen LogP contribution in [-0.4, -0.2) is 12.5 Å². The highest BCUT2D eigenvalue weighted by molar-refractivity contribution is 7.09. The van der Waals surface area contributed by atoms with Crippen LogP contribution in [0.15, 0.2) is 41.8 Å². The summed E-state index contributed by atoms with van der Waals surface area (Å²) >= 11 is 1.62. The number of hydrogen-bond donors (Lipinski definition) is 2. The Morgan fingerprint density at radius 3 is 2.68 bits per heavy atom. The number of hydrogen-bond acceptors (Lipinski definition) is 4. The Hall–Kier alpha value is -1.85. The highest BCUT2D eigenvalue weighted by Crippen LogP contribution is 2.11. The summed E-state index contributed by atoms with van der Waals surface area (Å²) < 4.78 is 5.39. The molecule has 0 bridgehead atoms. The second-order valence-corrected chi connectivity index (χ2v) is 5.03. The molecular formula is C14H16N2O2S. The van der Waals surface area contributed by atoms with Gasteiger partial charge in [0.1, 0.15) is 5.75 Å². The minimum absolute atomic E-state index is 0.0212. The van der Waals surface area contributed by atoms with E-state index < -0.39 is 0 Å². The zero-order chi connectivity index (χ0) is 13.5. The van der Waals surface area contributed by atoms with Gasteiger partial charge in [0.2, 0.25) is 0 Å². The molecule has 1 aromatic carbocycles. The van der Waals surface area contributed by atoms with Gasteiger partial charge in [0.05, 0.1) is 6.54 Å². The van der Waals surface area contributed by atoms with E-state index in [0.717, 1.165) is 10.4 Å². The van der Waals surface area contributed by atoms with Gasteiger partial charge in [-0.1, -0.05) is 18.2 Å². The SMILES string of the molecule is NCc1ccc(OCC(=O)NCc2cccs2)cc1. The van der Waals surface area contributed by atoms with Crippen molar-refractivity contribution in [3.8, 4) is 5.75 Å². The van der Waals surface area contributed by atoms with E-state index in [0.29, 0.717) is 18.8 Å². The minimum atomic E-state index is -0.128. The first-order valence-corrected chi connectivity index (χ1v) is 6.87. The lowest BCUT2D eigenvalue weighted by atomic mass is 10.2. The smallest absolute Gasteiger partial charge is 0.258 e. The minimum Gasteiger partial charge on any atom is -0.484 e. The maximum Gasteiger partial charge on any atom is 0.258 e. The molecule has 0 spiro atoms. The summed E-state index contributed by atoms with van der Waals surface area (Å²) in [4.78, 5) is 12.7. The van der Waals surface area contributed by atoms with Crippen molar-refractivity contribution >= 4 is 17.2 Å². The average Bonchev–Trinajstić information content (AvgIpc) is 2.96. The van der Waals surface area contributed by atoms with Crippen LogP contribution in [0.5, 0.6) is 5.75 Å². The molecule has 0 aliphatic carbocycles. The van der Waals surface area contributed by atoms with Crippen molar-refractivity contribution in [1.29, 1.82) is 0 Å². The second kappa shape index (κ2) is 6.92. The lowest BCUT2D eigenvalue weighted by molar-refractivity contribution is -0.123. The number of nitrogens with two attached hydrogens (primary N) is 1. The highest BCUT2D eigenvalue weighted by Gasteiger charge is 2.03. The number of nitrogens with one attached hydrogen (secondary N) is 1. The maximum absolute atomic E-state index is 11.6. The topological polar surface area (TPSA) is 64.3 Å². The molecule has 1 aromatic heterocycles. The molecule has 0 aliphatic rings. The number of benzene rings is 1. The molecule has 4 nitrogen and oxygen atoms in total. The van der Waals surface area contributed by atoms with Crippen molar-refractivity contribution in [2.45, 2.75) is 13.1 Å². The summed E-state index contributed by atoms with van der Waals surface area (Å²) in [7, 11) is 0. The predicted octanol–water partition coefficient (Wildman–Crippen LogP) is 1.90. The summed E-state index contributed by atoms with van der Waals surface area (Å²) in [6.45, 7) is 1.07. The molecule has 0 saturated carbocycles. The monoisotopic (exact) mass is 276 g/mol. The fourth-order valence-electron chi connectivity index (χ4n) is 1.52. The normalized spacial score (nSPS) is 10.2. The van der Waals surface area contributed by atoms with E-state index in [1.54, 1.807) is 11.3 Å². The van der Waals surface area contributed by atoms with Crippen molar-refractivity contribution in [1.82, 2.24) is 5.32 Å². The van der Waals surface area contributed by atoms with Crippen LogP contribution in [0.25, 0.3) is 0 Å². The molecule has 5 heteroatoms. The average molecular weight is 276 g/mol. The van der Waals surface area contributed by atoms with Crippen molar-refractivity contribution in [2.24, 2.45) is 5.73 Å². The van der Waals surface area contributed by atoms with Gasteiger partial charge in [0, 0.05) is 11.4 Å². The number of ether oxygens (including phenoxy) is 1. The summed E-state index contributed by atoms with van der Waals surface area (Å²) in [5, 5.41) is 4.79. The van der Waals surface area contributed by atoms with Crippen LogP contribution in [0, 0.1) is 0 Å². The van der Waals surface area contributed by atoms with Crippen LogP contribution in [0.3, 0.4) is 0 Å². The lowest BCUT2D eigenvalue weighted by Gasteiger charge is -2.07. The molecule has 0 radical (unpaired) electrons. The van der Waals surface area contributed by atoms with Crippen molar-refractivity contribution < 1.29 is 9.53 Å². The molecule has 0 saturated heterocycles. The van der Waals surface area contributed by atoms with E-state index in [-0.39, 0.29) is 12.5 Å². The van der Waals surface area contributed by atoms with E-state index in [9.17, 15) is 4.79 Å². The van der Waals surface area contributed by atoms with E-state index in [1.807, 2.05) is 41.8 Å². The lowest BCUT2D eigenvalue weighted by Crippen LogP contribution is -2.28. The van der Waals surface area contributed by atoms with Crippen LogP contribution < -0.4 is 15.8 Å².